The monoisotopic (exact) mass is 278 g/mol. The Morgan fingerprint density at radius 2 is 2.11 bits per heavy atom. The first-order valence-corrected chi connectivity index (χ1v) is 8.09. The van der Waals surface area contributed by atoms with Crippen molar-refractivity contribution in [1.29, 1.82) is 5.41 Å². The molecule has 0 bridgehead atoms. The molecular weight excluding hydrogens is 256 g/mol. The molecule has 3 nitrogen and oxygen atoms in total. The number of rotatable bonds is 5. The maximum absolute atomic E-state index is 7.73. The Labute approximate surface area is 119 Å². The van der Waals surface area contributed by atoms with Crippen molar-refractivity contribution >= 4 is 17.6 Å². The van der Waals surface area contributed by atoms with Gasteiger partial charge in [0.25, 0.3) is 0 Å². The minimum absolute atomic E-state index is 0.0867. The molecule has 0 heterocycles. The highest BCUT2D eigenvalue weighted by Gasteiger charge is 2.16. The van der Waals surface area contributed by atoms with Gasteiger partial charge in [-0.1, -0.05) is 25.3 Å². The number of nitrogens with two attached hydrogens (primary N) is 1. The van der Waals surface area contributed by atoms with Gasteiger partial charge < -0.3 is 10.5 Å². The van der Waals surface area contributed by atoms with Crippen molar-refractivity contribution in [2.75, 3.05) is 12.9 Å². The van der Waals surface area contributed by atoms with Gasteiger partial charge in [0.1, 0.15) is 11.6 Å². The summed E-state index contributed by atoms with van der Waals surface area (Å²) in [5.74, 6) is 1.50. The van der Waals surface area contributed by atoms with Crippen LogP contribution in [0.5, 0.6) is 5.75 Å². The first-order valence-electron chi connectivity index (χ1n) is 6.86. The standard InChI is InChI=1S/C15H22N2OS/c1-19-13-9-5-8-12(14(13)15(16)17)18-10-11-6-3-2-4-7-11/h5,8-9,11H,2-4,6-7,10H2,1H3,(H3,16,17). The summed E-state index contributed by atoms with van der Waals surface area (Å²) in [7, 11) is 0. The first kappa shape index (κ1) is 14.3. The molecule has 3 N–H and O–H groups in total. The summed E-state index contributed by atoms with van der Waals surface area (Å²) in [5, 5.41) is 7.73. The van der Waals surface area contributed by atoms with Crippen molar-refractivity contribution in [1.82, 2.24) is 0 Å². The maximum atomic E-state index is 7.73. The fraction of sp³-hybridized carbons (Fsp3) is 0.533. The SMILES string of the molecule is CSc1cccc(OCC2CCCCC2)c1C(=N)N. The predicted octanol–water partition coefficient (Wildman–Crippen LogP) is 3.65. The molecule has 1 aliphatic rings. The van der Waals surface area contributed by atoms with E-state index >= 15 is 0 Å². The van der Waals surface area contributed by atoms with Gasteiger partial charge in [-0.25, -0.2) is 0 Å². The number of nitrogens with one attached hydrogen (secondary N) is 1. The topological polar surface area (TPSA) is 59.1 Å². The van der Waals surface area contributed by atoms with E-state index in [2.05, 4.69) is 0 Å². The molecule has 19 heavy (non-hydrogen) atoms. The normalized spacial score (nSPS) is 16.3. The lowest BCUT2D eigenvalue weighted by atomic mass is 9.90. The van der Waals surface area contributed by atoms with Crippen LogP contribution in [-0.4, -0.2) is 18.7 Å². The van der Waals surface area contributed by atoms with Gasteiger partial charge in [0.05, 0.1) is 12.2 Å². The molecule has 1 fully saturated rings. The zero-order chi connectivity index (χ0) is 13.7. The molecule has 0 saturated heterocycles. The average Bonchev–Trinajstić information content (AvgIpc) is 2.45. The van der Waals surface area contributed by atoms with Crippen LogP contribution in [0.3, 0.4) is 0 Å². The summed E-state index contributed by atoms with van der Waals surface area (Å²) in [4.78, 5) is 1.01. The summed E-state index contributed by atoms with van der Waals surface area (Å²) in [5.41, 5.74) is 6.43. The van der Waals surface area contributed by atoms with Crippen molar-refractivity contribution in [3.63, 3.8) is 0 Å². The van der Waals surface area contributed by atoms with E-state index in [1.54, 1.807) is 11.8 Å². The fourth-order valence-corrected chi connectivity index (χ4v) is 3.26. The number of hydrogen-bond donors (Lipinski definition) is 2. The highest BCUT2D eigenvalue weighted by molar-refractivity contribution is 7.98. The summed E-state index contributed by atoms with van der Waals surface area (Å²) in [6.45, 7) is 0.748. The van der Waals surface area contributed by atoms with E-state index in [0.29, 0.717) is 5.92 Å². The number of hydrogen-bond acceptors (Lipinski definition) is 3. The van der Waals surface area contributed by atoms with E-state index in [1.807, 2.05) is 24.5 Å². The van der Waals surface area contributed by atoms with Gasteiger partial charge in [0.2, 0.25) is 0 Å². The molecule has 0 aromatic heterocycles. The van der Waals surface area contributed by atoms with Crippen molar-refractivity contribution in [3.05, 3.63) is 23.8 Å². The third-order valence-electron chi connectivity index (χ3n) is 3.68. The lowest BCUT2D eigenvalue weighted by Gasteiger charge is -2.22. The van der Waals surface area contributed by atoms with Crippen LogP contribution in [0.2, 0.25) is 0 Å². The van der Waals surface area contributed by atoms with E-state index in [-0.39, 0.29) is 5.84 Å². The van der Waals surface area contributed by atoms with Crippen LogP contribution in [-0.2, 0) is 0 Å². The molecule has 0 radical (unpaired) electrons. The quantitative estimate of drug-likeness (QED) is 0.491. The zero-order valence-corrected chi connectivity index (χ0v) is 12.3. The Balaban J connectivity index is 2.08. The van der Waals surface area contributed by atoms with Crippen LogP contribution in [0.4, 0.5) is 0 Å². The fourth-order valence-electron chi connectivity index (χ4n) is 2.63. The van der Waals surface area contributed by atoms with Crippen LogP contribution in [0.15, 0.2) is 23.1 Å². The Hall–Kier alpha value is -1.16. The minimum Gasteiger partial charge on any atom is -0.492 e. The molecule has 1 saturated carbocycles. The van der Waals surface area contributed by atoms with Gasteiger partial charge in [0, 0.05) is 4.90 Å². The second kappa shape index (κ2) is 6.85. The van der Waals surface area contributed by atoms with Gasteiger partial charge in [-0.2, -0.15) is 0 Å². The average molecular weight is 278 g/mol. The largest absolute Gasteiger partial charge is 0.492 e. The molecule has 1 aromatic carbocycles. The van der Waals surface area contributed by atoms with Crippen LogP contribution >= 0.6 is 11.8 Å². The van der Waals surface area contributed by atoms with Gasteiger partial charge in [-0.3, -0.25) is 5.41 Å². The summed E-state index contributed by atoms with van der Waals surface area (Å²) in [6, 6.07) is 5.86. The summed E-state index contributed by atoms with van der Waals surface area (Å²) in [6.07, 6.45) is 8.51. The molecule has 2 rings (SSSR count). The smallest absolute Gasteiger partial charge is 0.131 e. The van der Waals surface area contributed by atoms with Gasteiger partial charge >= 0.3 is 0 Å². The number of thioether (sulfide) groups is 1. The molecule has 0 spiro atoms. The zero-order valence-electron chi connectivity index (χ0n) is 11.4. The molecular formula is C15H22N2OS. The van der Waals surface area contributed by atoms with Crippen LogP contribution in [0.25, 0.3) is 0 Å². The van der Waals surface area contributed by atoms with E-state index < -0.39 is 0 Å². The van der Waals surface area contributed by atoms with Crippen LogP contribution < -0.4 is 10.5 Å². The lowest BCUT2D eigenvalue weighted by molar-refractivity contribution is 0.208. The maximum Gasteiger partial charge on any atom is 0.131 e. The van der Waals surface area contributed by atoms with Crippen molar-refractivity contribution < 1.29 is 4.74 Å². The minimum atomic E-state index is 0.0867. The molecule has 0 unspecified atom stereocenters. The lowest BCUT2D eigenvalue weighted by Crippen LogP contribution is -2.18. The number of ether oxygens (including phenoxy) is 1. The van der Waals surface area contributed by atoms with E-state index in [9.17, 15) is 0 Å². The molecule has 4 heteroatoms. The molecule has 0 amide bonds. The Kier molecular flexibility index (Phi) is 5.14. The predicted molar refractivity (Wildman–Crippen MR) is 81.3 cm³/mol. The molecule has 0 aliphatic heterocycles. The first-order chi connectivity index (χ1) is 9.22. The van der Waals surface area contributed by atoms with Crippen molar-refractivity contribution in [3.8, 4) is 5.75 Å². The van der Waals surface area contributed by atoms with Crippen LogP contribution in [0.1, 0.15) is 37.7 Å². The third-order valence-corrected chi connectivity index (χ3v) is 4.46. The summed E-state index contributed by atoms with van der Waals surface area (Å²) >= 11 is 1.60. The third kappa shape index (κ3) is 3.66. The second-order valence-corrected chi connectivity index (χ2v) is 5.91. The van der Waals surface area contributed by atoms with Gasteiger partial charge in [0.15, 0.2) is 0 Å². The molecule has 1 aliphatic carbocycles. The number of nitrogen functional groups attached to an aromatic ring is 1. The highest BCUT2D eigenvalue weighted by atomic mass is 32.2. The van der Waals surface area contributed by atoms with E-state index in [1.165, 1.54) is 32.1 Å². The Morgan fingerprint density at radius 3 is 2.74 bits per heavy atom. The number of amidine groups is 1. The van der Waals surface area contributed by atoms with Crippen molar-refractivity contribution in [2.24, 2.45) is 11.7 Å². The molecule has 104 valence electrons. The van der Waals surface area contributed by atoms with E-state index in [4.69, 9.17) is 15.9 Å². The number of benzene rings is 1. The Bertz CT molecular complexity index is 442. The molecule has 1 aromatic rings. The second-order valence-electron chi connectivity index (χ2n) is 5.06. The highest BCUT2D eigenvalue weighted by Crippen LogP contribution is 2.30. The van der Waals surface area contributed by atoms with Gasteiger partial charge in [-0.15, -0.1) is 11.8 Å². The van der Waals surface area contributed by atoms with Gasteiger partial charge in [-0.05, 0) is 37.1 Å². The summed E-state index contributed by atoms with van der Waals surface area (Å²) < 4.78 is 5.95. The Morgan fingerprint density at radius 1 is 1.37 bits per heavy atom. The molecule has 0 atom stereocenters. The van der Waals surface area contributed by atoms with Crippen molar-refractivity contribution in [2.45, 2.75) is 37.0 Å². The van der Waals surface area contributed by atoms with Crippen LogP contribution in [0, 0.1) is 11.3 Å². The van der Waals surface area contributed by atoms with E-state index in [0.717, 1.165) is 22.8 Å².